The van der Waals surface area contributed by atoms with Crippen molar-refractivity contribution in [1.82, 2.24) is 21.3 Å². The highest BCUT2D eigenvalue weighted by atomic mass is 15.0. The third-order valence-corrected chi connectivity index (χ3v) is 4.17. The lowest BCUT2D eigenvalue weighted by Crippen LogP contribution is -2.35. The van der Waals surface area contributed by atoms with Crippen molar-refractivity contribution < 1.29 is 0 Å². The van der Waals surface area contributed by atoms with Gasteiger partial charge in [-0.2, -0.15) is 0 Å². The van der Waals surface area contributed by atoms with Crippen LogP contribution in [0.3, 0.4) is 0 Å². The van der Waals surface area contributed by atoms with Crippen molar-refractivity contribution >= 4 is 10.8 Å². The highest BCUT2D eigenvalue weighted by Gasteiger charge is 2.05. The van der Waals surface area contributed by atoms with E-state index >= 15 is 0 Å². The van der Waals surface area contributed by atoms with E-state index in [1.807, 2.05) is 0 Å². The Hall–Kier alpha value is -1.46. The molecule has 0 atom stereocenters. The molecule has 4 nitrogen and oxygen atoms in total. The van der Waals surface area contributed by atoms with Crippen LogP contribution in [0.15, 0.2) is 36.4 Å². The molecule has 2 aromatic rings. The van der Waals surface area contributed by atoms with Gasteiger partial charge in [-0.25, -0.2) is 0 Å². The van der Waals surface area contributed by atoms with Gasteiger partial charge in [0.15, 0.2) is 0 Å². The minimum absolute atomic E-state index is 0.925. The number of nitrogens with one attached hydrogen (secondary N) is 4. The molecule has 4 N–H and O–H groups in total. The van der Waals surface area contributed by atoms with Crippen LogP contribution in [0.1, 0.15) is 11.1 Å². The molecule has 22 heavy (non-hydrogen) atoms. The minimum atomic E-state index is 0.925. The van der Waals surface area contributed by atoms with Gasteiger partial charge in [0.2, 0.25) is 0 Å². The molecule has 0 amide bonds. The van der Waals surface area contributed by atoms with E-state index in [1.54, 1.807) is 0 Å². The molecule has 1 aliphatic heterocycles. The minimum Gasteiger partial charge on any atom is -0.314 e. The maximum atomic E-state index is 3.54. The summed E-state index contributed by atoms with van der Waals surface area (Å²) in [6.45, 7) is 7.92. The van der Waals surface area contributed by atoms with Crippen molar-refractivity contribution in [2.45, 2.75) is 13.1 Å². The first-order valence-corrected chi connectivity index (χ1v) is 8.27. The second kappa shape index (κ2) is 8.25. The van der Waals surface area contributed by atoms with E-state index in [0.717, 1.165) is 52.4 Å². The summed E-state index contributed by atoms with van der Waals surface area (Å²) in [5.74, 6) is 0. The van der Waals surface area contributed by atoms with Gasteiger partial charge in [0.1, 0.15) is 0 Å². The fourth-order valence-electron chi connectivity index (χ4n) is 2.96. The summed E-state index contributed by atoms with van der Waals surface area (Å²) in [5, 5.41) is 16.7. The standard InChI is InChI=1S/C18H26N4/c1-2-4-18-16-6-5-15(17(18)3-1)13-21-11-9-19-7-8-20-10-12-22-14-16/h1-6,19-22H,7-14H2. The molecule has 0 spiro atoms. The van der Waals surface area contributed by atoms with Gasteiger partial charge < -0.3 is 21.3 Å². The van der Waals surface area contributed by atoms with Crippen LogP contribution in [0, 0.1) is 0 Å². The highest BCUT2D eigenvalue weighted by Crippen LogP contribution is 2.22. The summed E-state index contributed by atoms with van der Waals surface area (Å²) in [6.07, 6.45) is 0. The Morgan fingerprint density at radius 2 is 0.909 bits per heavy atom. The van der Waals surface area contributed by atoms with Crippen LogP contribution in [-0.4, -0.2) is 39.3 Å². The van der Waals surface area contributed by atoms with Crippen LogP contribution in [0.2, 0.25) is 0 Å². The van der Waals surface area contributed by atoms with E-state index in [-0.39, 0.29) is 0 Å². The molecule has 118 valence electrons. The zero-order chi connectivity index (χ0) is 15.0. The summed E-state index contributed by atoms with van der Waals surface area (Å²) in [5.41, 5.74) is 2.77. The van der Waals surface area contributed by atoms with Gasteiger partial charge in [0.05, 0.1) is 0 Å². The van der Waals surface area contributed by atoms with Crippen molar-refractivity contribution in [3.05, 3.63) is 47.5 Å². The smallest absolute Gasteiger partial charge is 0.0212 e. The third kappa shape index (κ3) is 4.05. The number of hydrogen-bond acceptors (Lipinski definition) is 4. The lowest BCUT2D eigenvalue weighted by atomic mass is 9.99. The van der Waals surface area contributed by atoms with E-state index in [1.165, 1.54) is 21.9 Å². The van der Waals surface area contributed by atoms with Crippen LogP contribution >= 0.6 is 0 Å². The summed E-state index contributed by atoms with van der Waals surface area (Å²) in [6, 6.07) is 13.3. The highest BCUT2D eigenvalue weighted by molar-refractivity contribution is 5.88. The molecule has 4 heteroatoms. The Balaban J connectivity index is 1.81. The maximum absolute atomic E-state index is 3.54. The van der Waals surface area contributed by atoms with Gasteiger partial charge in [-0.1, -0.05) is 36.4 Å². The Labute approximate surface area is 132 Å². The van der Waals surface area contributed by atoms with Crippen LogP contribution < -0.4 is 21.3 Å². The first-order chi connectivity index (χ1) is 10.9. The second-order valence-corrected chi connectivity index (χ2v) is 5.78. The van der Waals surface area contributed by atoms with Crippen molar-refractivity contribution in [1.29, 1.82) is 0 Å². The Morgan fingerprint density at radius 1 is 0.500 bits per heavy atom. The zero-order valence-electron chi connectivity index (χ0n) is 13.1. The topological polar surface area (TPSA) is 48.1 Å². The Morgan fingerprint density at radius 3 is 1.36 bits per heavy atom. The average Bonchev–Trinajstić information content (AvgIpc) is 2.55. The van der Waals surface area contributed by atoms with E-state index < -0.39 is 0 Å². The van der Waals surface area contributed by atoms with Gasteiger partial charge in [-0.15, -0.1) is 0 Å². The molecule has 0 unspecified atom stereocenters. The van der Waals surface area contributed by atoms with Crippen molar-refractivity contribution in [2.75, 3.05) is 39.3 Å². The maximum Gasteiger partial charge on any atom is 0.0212 e. The Kier molecular flexibility index (Phi) is 5.79. The van der Waals surface area contributed by atoms with Crippen molar-refractivity contribution in [3.63, 3.8) is 0 Å². The summed E-state index contributed by atoms with van der Waals surface area (Å²) in [4.78, 5) is 0. The summed E-state index contributed by atoms with van der Waals surface area (Å²) >= 11 is 0. The van der Waals surface area contributed by atoms with Gasteiger partial charge in [0.25, 0.3) is 0 Å². The summed E-state index contributed by atoms with van der Waals surface area (Å²) < 4.78 is 0. The molecule has 2 bridgehead atoms. The largest absolute Gasteiger partial charge is 0.314 e. The van der Waals surface area contributed by atoms with E-state index in [0.29, 0.717) is 0 Å². The normalized spacial score (nSPS) is 18.5. The molecular formula is C18H26N4. The number of rotatable bonds is 0. The van der Waals surface area contributed by atoms with Gasteiger partial charge in [-0.05, 0) is 21.9 Å². The first kappa shape index (κ1) is 15.4. The molecule has 0 radical (unpaired) electrons. The molecule has 0 aliphatic carbocycles. The summed E-state index contributed by atoms with van der Waals surface area (Å²) in [7, 11) is 0. The lowest BCUT2D eigenvalue weighted by molar-refractivity contribution is 0.565. The molecule has 2 aromatic carbocycles. The van der Waals surface area contributed by atoms with E-state index in [9.17, 15) is 0 Å². The molecule has 1 aliphatic rings. The molecule has 1 heterocycles. The SMILES string of the molecule is c1ccc2c3ccc(c2c1)CNCCNCCNCCNC3. The predicted molar refractivity (Wildman–Crippen MR) is 93.1 cm³/mol. The third-order valence-electron chi connectivity index (χ3n) is 4.17. The Bertz CT molecular complexity index is 544. The number of hydrogen-bond donors (Lipinski definition) is 4. The number of benzene rings is 2. The fraction of sp³-hybridized carbons (Fsp3) is 0.444. The fourth-order valence-corrected chi connectivity index (χ4v) is 2.96. The van der Waals surface area contributed by atoms with Gasteiger partial charge in [0, 0.05) is 52.4 Å². The molecule has 0 aromatic heterocycles. The molecule has 0 saturated heterocycles. The molecule has 0 fully saturated rings. The van der Waals surface area contributed by atoms with Gasteiger partial charge >= 0.3 is 0 Å². The predicted octanol–water partition coefficient (Wildman–Crippen LogP) is 1.21. The average molecular weight is 298 g/mol. The van der Waals surface area contributed by atoms with E-state index in [4.69, 9.17) is 0 Å². The van der Waals surface area contributed by atoms with Crippen molar-refractivity contribution in [3.8, 4) is 0 Å². The molecule has 3 rings (SSSR count). The second-order valence-electron chi connectivity index (χ2n) is 5.78. The number of fused-ring (bicyclic) bond motifs is 6. The van der Waals surface area contributed by atoms with Crippen LogP contribution in [-0.2, 0) is 13.1 Å². The molecular weight excluding hydrogens is 272 g/mol. The van der Waals surface area contributed by atoms with Gasteiger partial charge in [-0.3, -0.25) is 0 Å². The zero-order valence-corrected chi connectivity index (χ0v) is 13.1. The van der Waals surface area contributed by atoms with Crippen LogP contribution in [0.4, 0.5) is 0 Å². The quantitative estimate of drug-likeness (QED) is 0.590. The molecule has 0 saturated carbocycles. The van der Waals surface area contributed by atoms with Crippen LogP contribution in [0.5, 0.6) is 0 Å². The first-order valence-electron chi connectivity index (χ1n) is 8.27. The van der Waals surface area contributed by atoms with E-state index in [2.05, 4.69) is 57.7 Å². The van der Waals surface area contributed by atoms with Crippen molar-refractivity contribution in [2.24, 2.45) is 0 Å². The monoisotopic (exact) mass is 298 g/mol. The lowest BCUT2D eigenvalue weighted by Gasteiger charge is -2.14. The van der Waals surface area contributed by atoms with Crippen LogP contribution in [0.25, 0.3) is 10.8 Å².